The second kappa shape index (κ2) is 6.34. The second-order valence-electron chi connectivity index (χ2n) is 6.15. The molecule has 0 aliphatic carbocycles. The first-order valence-corrected chi connectivity index (χ1v) is 9.01. The van der Waals surface area contributed by atoms with Crippen molar-refractivity contribution in [2.75, 3.05) is 5.32 Å². The fraction of sp³-hybridized carbons (Fsp3) is 0.158. The van der Waals surface area contributed by atoms with Crippen LogP contribution < -0.4 is 5.32 Å². The number of nitrogens with one attached hydrogen (secondary N) is 1. The molecule has 2 aromatic heterocycles. The SMILES string of the molecule is Cc1cc(-c2nn3c(C)nnc3s2)ccc1NC(=O)c1ccccc1C. The fourth-order valence-corrected chi connectivity index (χ4v) is 3.67. The van der Waals surface area contributed by atoms with Crippen LogP contribution in [0.1, 0.15) is 27.3 Å². The lowest BCUT2D eigenvalue weighted by Crippen LogP contribution is -2.14. The Kier molecular flexibility index (Phi) is 4.00. The monoisotopic (exact) mass is 363 g/mol. The minimum Gasteiger partial charge on any atom is -0.322 e. The van der Waals surface area contributed by atoms with Crippen molar-refractivity contribution < 1.29 is 4.79 Å². The summed E-state index contributed by atoms with van der Waals surface area (Å²) in [6, 6.07) is 13.4. The van der Waals surface area contributed by atoms with Gasteiger partial charge in [0.25, 0.3) is 5.91 Å². The molecule has 0 spiro atoms. The maximum atomic E-state index is 12.5. The van der Waals surface area contributed by atoms with Gasteiger partial charge in [-0.2, -0.15) is 9.61 Å². The number of benzene rings is 2. The number of rotatable bonds is 3. The minimum absolute atomic E-state index is 0.103. The van der Waals surface area contributed by atoms with E-state index >= 15 is 0 Å². The molecule has 0 atom stereocenters. The molecule has 2 aromatic carbocycles. The highest BCUT2D eigenvalue weighted by molar-refractivity contribution is 7.19. The molecule has 7 heteroatoms. The van der Waals surface area contributed by atoms with Gasteiger partial charge in [0, 0.05) is 16.8 Å². The summed E-state index contributed by atoms with van der Waals surface area (Å²) in [5.41, 5.74) is 4.40. The first-order valence-electron chi connectivity index (χ1n) is 8.20. The number of hydrogen-bond acceptors (Lipinski definition) is 5. The highest BCUT2D eigenvalue weighted by atomic mass is 32.1. The molecule has 0 aliphatic heterocycles. The summed E-state index contributed by atoms with van der Waals surface area (Å²) in [5, 5.41) is 16.5. The van der Waals surface area contributed by atoms with Crippen LogP contribution in [0.2, 0.25) is 0 Å². The van der Waals surface area contributed by atoms with Crippen LogP contribution in [0.3, 0.4) is 0 Å². The van der Waals surface area contributed by atoms with E-state index in [9.17, 15) is 4.79 Å². The standard InChI is InChI=1S/C19H17N5OS/c1-11-6-4-5-7-15(11)17(25)20-16-9-8-14(10-12(16)2)18-23-24-13(3)21-22-19(24)26-18/h4-10H,1-3H3,(H,20,25). The van der Waals surface area contributed by atoms with Crippen molar-refractivity contribution in [3.05, 3.63) is 65.0 Å². The van der Waals surface area contributed by atoms with Gasteiger partial charge in [0.05, 0.1) is 0 Å². The molecular formula is C19H17N5OS. The number of fused-ring (bicyclic) bond motifs is 1. The van der Waals surface area contributed by atoms with E-state index in [2.05, 4.69) is 20.6 Å². The second-order valence-corrected chi connectivity index (χ2v) is 7.10. The zero-order valence-electron chi connectivity index (χ0n) is 14.6. The van der Waals surface area contributed by atoms with Crippen molar-refractivity contribution in [1.29, 1.82) is 0 Å². The largest absolute Gasteiger partial charge is 0.322 e. The van der Waals surface area contributed by atoms with Crippen molar-refractivity contribution in [3.63, 3.8) is 0 Å². The molecule has 26 heavy (non-hydrogen) atoms. The molecule has 0 bridgehead atoms. The molecule has 0 radical (unpaired) electrons. The van der Waals surface area contributed by atoms with E-state index in [0.29, 0.717) is 5.56 Å². The van der Waals surface area contributed by atoms with E-state index < -0.39 is 0 Å². The number of carbonyl (C=O) groups excluding carboxylic acids is 1. The van der Waals surface area contributed by atoms with Crippen LogP contribution in [0.25, 0.3) is 15.5 Å². The van der Waals surface area contributed by atoms with Crippen LogP contribution in [0, 0.1) is 20.8 Å². The first-order chi connectivity index (χ1) is 12.5. The highest BCUT2D eigenvalue weighted by Gasteiger charge is 2.13. The Labute approximate surface area is 154 Å². The molecule has 1 N–H and O–H groups in total. The molecule has 0 unspecified atom stereocenters. The van der Waals surface area contributed by atoms with Gasteiger partial charge in [-0.05, 0) is 56.2 Å². The Morgan fingerprint density at radius 1 is 1.04 bits per heavy atom. The number of aryl methyl sites for hydroxylation is 3. The Morgan fingerprint density at radius 2 is 1.85 bits per heavy atom. The van der Waals surface area contributed by atoms with E-state index in [1.54, 1.807) is 4.52 Å². The normalized spacial score (nSPS) is 11.0. The molecule has 1 amide bonds. The lowest BCUT2D eigenvalue weighted by molar-refractivity contribution is 0.102. The quantitative estimate of drug-likeness (QED) is 0.596. The third kappa shape index (κ3) is 2.86. The van der Waals surface area contributed by atoms with Crippen molar-refractivity contribution in [2.24, 2.45) is 0 Å². The molecule has 2 heterocycles. The van der Waals surface area contributed by atoms with Gasteiger partial charge in [0.2, 0.25) is 4.96 Å². The van der Waals surface area contributed by atoms with Crippen molar-refractivity contribution in [3.8, 4) is 10.6 Å². The Bertz CT molecular complexity index is 1130. The maximum Gasteiger partial charge on any atom is 0.255 e. The van der Waals surface area contributed by atoms with Crippen LogP contribution in [0.4, 0.5) is 5.69 Å². The first kappa shape index (κ1) is 16.4. The van der Waals surface area contributed by atoms with Crippen LogP contribution in [0.15, 0.2) is 42.5 Å². The molecule has 0 aliphatic rings. The maximum absolute atomic E-state index is 12.5. The summed E-state index contributed by atoms with van der Waals surface area (Å²) >= 11 is 1.49. The average Bonchev–Trinajstić information content (AvgIpc) is 3.19. The van der Waals surface area contributed by atoms with Gasteiger partial charge < -0.3 is 5.32 Å². The van der Waals surface area contributed by atoms with Gasteiger partial charge in [0.1, 0.15) is 5.01 Å². The van der Waals surface area contributed by atoms with E-state index in [4.69, 9.17) is 0 Å². The summed E-state index contributed by atoms with van der Waals surface area (Å²) < 4.78 is 1.74. The van der Waals surface area contributed by atoms with E-state index in [1.807, 2.05) is 63.2 Å². The Balaban J connectivity index is 1.61. The lowest BCUT2D eigenvalue weighted by Gasteiger charge is -2.11. The lowest BCUT2D eigenvalue weighted by atomic mass is 10.1. The summed E-state index contributed by atoms with van der Waals surface area (Å²) in [5.74, 6) is 0.662. The Hall–Kier alpha value is -3.06. The predicted octanol–water partition coefficient (Wildman–Crippen LogP) is 4.03. The smallest absolute Gasteiger partial charge is 0.255 e. The van der Waals surface area contributed by atoms with Crippen LogP contribution in [0.5, 0.6) is 0 Å². The van der Waals surface area contributed by atoms with Gasteiger partial charge in [-0.1, -0.05) is 29.5 Å². The van der Waals surface area contributed by atoms with Gasteiger partial charge in [-0.3, -0.25) is 4.79 Å². The van der Waals surface area contributed by atoms with E-state index in [-0.39, 0.29) is 5.91 Å². The summed E-state index contributed by atoms with van der Waals surface area (Å²) in [7, 11) is 0. The topological polar surface area (TPSA) is 72.2 Å². The predicted molar refractivity (Wildman–Crippen MR) is 103 cm³/mol. The van der Waals surface area contributed by atoms with E-state index in [1.165, 1.54) is 11.3 Å². The number of aromatic nitrogens is 4. The number of amides is 1. The van der Waals surface area contributed by atoms with Gasteiger partial charge in [-0.25, -0.2) is 0 Å². The van der Waals surface area contributed by atoms with Crippen LogP contribution in [-0.2, 0) is 0 Å². The zero-order chi connectivity index (χ0) is 18.3. The number of anilines is 1. The molecule has 6 nitrogen and oxygen atoms in total. The number of carbonyl (C=O) groups is 1. The third-order valence-corrected chi connectivity index (χ3v) is 5.21. The molecular weight excluding hydrogens is 346 g/mol. The van der Waals surface area contributed by atoms with Crippen LogP contribution in [-0.4, -0.2) is 25.7 Å². The Morgan fingerprint density at radius 3 is 2.58 bits per heavy atom. The van der Waals surface area contributed by atoms with Gasteiger partial charge in [0.15, 0.2) is 5.82 Å². The van der Waals surface area contributed by atoms with Crippen molar-refractivity contribution in [2.45, 2.75) is 20.8 Å². The minimum atomic E-state index is -0.103. The molecule has 4 rings (SSSR count). The van der Waals surface area contributed by atoms with Crippen LogP contribution >= 0.6 is 11.3 Å². The summed E-state index contributed by atoms with van der Waals surface area (Å²) in [6.07, 6.45) is 0. The van der Waals surface area contributed by atoms with Crippen molar-refractivity contribution >= 4 is 27.9 Å². The summed E-state index contributed by atoms with van der Waals surface area (Å²) in [6.45, 7) is 5.78. The third-order valence-electron chi connectivity index (χ3n) is 4.26. The number of nitrogens with zero attached hydrogens (tertiary/aromatic N) is 4. The van der Waals surface area contributed by atoms with Gasteiger partial charge >= 0.3 is 0 Å². The van der Waals surface area contributed by atoms with Gasteiger partial charge in [-0.15, -0.1) is 10.2 Å². The number of hydrogen-bond donors (Lipinski definition) is 1. The molecule has 4 aromatic rings. The summed E-state index contributed by atoms with van der Waals surface area (Å²) in [4.78, 5) is 13.3. The zero-order valence-corrected chi connectivity index (χ0v) is 15.5. The molecule has 0 saturated heterocycles. The van der Waals surface area contributed by atoms with E-state index in [0.717, 1.165) is 38.2 Å². The van der Waals surface area contributed by atoms with Crippen molar-refractivity contribution in [1.82, 2.24) is 19.8 Å². The molecule has 130 valence electrons. The average molecular weight is 363 g/mol. The molecule has 0 saturated carbocycles. The molecule has 0 fully saturated rings. The highest BCUT2D eigenvalue weighted by Crippen LogP contribution is 2.29. The fourth-order valence-electron chi connectivity index (χ4n) is 2.79.